The van der Waals surface area contributed by atoms with E-state index in [-0.39, 0.29) is 23.6 Å². The van der Waals surface area contributed by atoms with E-state index in [1.54, 1.807) is 24.3 Å². The number of rotatable bonds is 4. The molecule has 0 heterocycles. The lowest BCUT2D eigenvalue weighted by molar-refractivity contribution is -0.127. The van der Waals surface area contributed by atoms with Gasteiger partial charge in [0.25, 0.3) is 0 Å². The number of amides is 1. The van der Waals surface area contributed by atoms with Gasteiger partial charge in [0, 0.05) is 0 Å². The van der Waals surface area contributed by atoms with Gasteiger partial charge in [0.15, 0.2) is 0 Å². The van der Waals surface area contributed by atoms with Crippen molar-refractivity contribution in [3.8, 4) is 0 Å². The monoisotopic (exact) mass is 329 g/mol. The molecule has 1 unspecified atom stereocenters. The fraction of sp³-hybridized carbons (Fsp3) is 0.350. The average molecular weight is 329 g/mol. The highest BCUT2D eigenvalue weighted by Gasteiger charge is 2.43. The van der Waals surface area contributed by atoms with Crippen molar-refractivity contribution in [2.45, 2.75) is 44.1 Å². The maximum absolute atomic E-state index is 13.2. The Hall–Kier alpha value is -2.23. The molecule has 2 aromatic rings. The van der Waals surface area contributed by atoms with Crippen LogP contribution < -0.4 is 5.32 Å². The van der Waals surface area contributed by atoms with Gasteiger partial charge in [-0.2, -0.15) is 0 Å². The summed E-state index contributed by atoms with van der Waals surface area (Å²) in [5, 5.41) is 3.06. The molecular formula is C20H21F2NO. The standard InChI is InChI=1S/C20H21F2NO/c1-14(15-4-8-17(21)9-5-15)23-19(24)20(12-2-3-13-20)16-6-10-18(22)11-7-16/h4-11,14H,2-3,12-13H2,1H3,(H,23,24). The van der Waals surface area contributed by atoms with Crippen LogP contribution in [0.5, 0.6) is 0 Å². The van der Waals surface area contributed by atoms with Gasteiger partial charge >= 0.3 is 0 Å². The molecule has 24 heavy (non-hydrogen) atoms. The third-order valence-electron chi connectivity index (χ3n) is 5.01. The van der Waals surface area contributed by atoms with Crippen LogP contribution in [0.1, 0.15) is 49.8 Å². The second-order valence-electron chi connectivity index (χ2n) is 6.54. The molecule has 0 aromatic heterocycles. The molecule has 0 radical (unpaired) electrons. The predicted molar refractivity (Wildman–Crippen MR) is 89.5 cm³/mol. The lowest BCUT2D eigenvalue weighted by atomic mass is 9.77. The SMILES string of the molecule is CC(NC(=O)C1(c2ccc(F)cc2)CCCC1)c1ccc(F)cc1. The third kappa shape index (κ3) is 3.18. The lowest BCUT2D eigenvalue weighted by Crippen LogP contribution is -2.43. The molecule has 1 aliphatic carbocycles. The smallest absolute Gasteiger partial charge is 0.231 e. The Bertz CT molecular complexity index is 703. The quantitative estimate of drug-likeness (QED) is 0.869. The molecule has 0 saturated heterocycles. The van der Waals surface area contributed by atoms with E-state index in [0.29, 0.717) is 0 Å². The van der Waals surface area contributed by atoms with Crippen LogP contribution >= 0.6 is 0 Å². The van der Waals surface area contributed by atoms with E-state index in [9.17, 15) is 13.6 Å². The molecule has 1 atom stereocenters. The zero-order valence-corrected chi connectivity index (χ0v) is 13.7. The van der Waals surface area contributed by atoms with E-state index >= 15 is 0 Å². The lowest BCUT2D eigenvalue weighted by Gasteiger charge is -2.30. The summed E-state index contributed by atoms with van der Waals surface area (Å²) in [4.78, 5) is 13.0. The van der Waals surface area contributed by atoms with Crippen LogP contribution in [0.15, 0.2) is 48.5 Å². The zero-order chi connectivity index (χ0) is 17.2. The maximum atomic E-state index is 13.2. The van der Waals surface area contributed by atoms with E-state index in [2.05, 4.69) is 5.32 Å². The van der Waals surface area contributed by atoms with E-state index < -0.39 is 5.41 Å². The fourth-order valence-electron chi connectivity index (χ4n) is 3.56. The third-order valence-corrected chi connectivity index (χ3v) is 5.01. The van der Waals surface area contributed by atoms with Gasteiger partial charge < -0.3 is 5.32 Å². The summed E-state index contributed by atoms with van der Waals surface area (Å²) >= 11 is 0. The number of hydrogen-bond donors (Lipinski definition) is 1. The number of benzene rings is 2. The molecule has 1 amide bonds. The summed E-state index contributed by atoms with van der Waals surface area (Å²) < 4.78 is 26.3. The Morgan fingerprint density at radius 3 is 2.00 bits per heavy atom. The van der Waals surface area contributed by atoms with Crippen molar-refractivity contribution in [1.29, 1.82) is 0 Å². The van der Waals surface area contributed by atoms with Gasteiger partial charge in [-0.1, -0.05) is 37.1 Å². The maximum Gasteiger partial charge on any atom is 0.231 e. The molecule has 3 rings (SSSR count). The Labute approximate surface area is 140 Å². The van der Waals surface area contributed by atoms with Crippen LogP contribution in [0.4, 0.5) is 8.78 Å². The molecule has 126 valence electrons. The van der Waals surface area contributed by atoms with Gasteiger partial charge in [0.1, 0.15) is 11.6 Å². The van der Waals surface area contributed by atoms with Gasteiger partial charge in [0.2, 0.25) is 5.91 Å². The summed E-state index contributed by atoms with van der Waals surface area (Å²) in [7, 11) is 0. The van der Waals surface area contributed by atoms with E-state index in [1.807, 2.05) is 6.92 Å². The van der Waals surface area contributed by atoms with Gasteiger partial charge in [-0.3, -0.25) is 4.79 Å². The molecular weight excluding hydrogens is 308 g/mol. The van der Waals surface area contributed by atoms with Crippen molar-refractivity contribution in [2.24, 2.45) is 0 Å². The topological polar surface area (TPSA) is 29.1 Å². The van der Waals surface area contributed by atoms with E-state index in [1.165, 1.54) is 24.3 Å². The van der Waals surface area contributed by atoms with Crippen molar-refractivity contribution in [1.82, 2.24) is 5.32 Å². The first-order valence-electron chi connectivity index (χ1n) is 8.34. The number of carbonyl (C=O) groups excluding carboxylic acids is 1. The van der Waals surface area contributed by atoms with Gasteiger partial charge in [-0.05, 0) is 55.2 Å². The molecule has 4 heteroatoms. The van der Waals surface area contributed by atoms with Crippen LogP contribution in [0.3, 0.4) is 0 Å². The first-order valence-corrected chi connectivity index (χ1v) is 8.34. The largest absolute Gasteiger partial charge is 0.349 e. The molecule has 1 saturated carbocycles. The van der Waals surface area contributed by atoms with Crippen LogP contribution in [0.25, 0.3) is 0 Å². The van der Waals surface area contributed by atoms with Crippen molar-refractivity contribution >= 4 is 5.91 Å². The van der Waals surface area contributed by atoms with Gasteiger partial charge in [0.05, 0.1) is 11.5 Å². The highest BCUT2D eigenvalue weighted by molar-refractivity contribution is 5.88. The Morgan fingerprint density at radius 2 is 1.46 bits per heavy atom. The molecule has 1 fully saturated rings. The highest BCUT2D eigenvalue weighted by atomic mass is 19.1. The molecule has 0 bridgehead atoms. The second-order valence-corrected chi connectivity index (χ2v) is 6.54. The molecule has 0 spiro atoms. The molecule has 0 aliphatic heterocycles. The first-order chi connectivity index (χ1) is 11.5. The minimum atomic E-state index is -0.595. The van der Waals surface area contributed by atoms with Gasteiger partial charge in [-0.25, -0.2) is 8.78 Å². The van der Waals surface area contributed by atoms with Crippen molar-refractivity contribution in [3.63, 3.8) is 0 Å². The van der Waals surface area contributed by atoms with E-state index in [4.69, 9.17) is 0 Å². The van der Waals surface area contributed by atoms with Gasteiger partial charge in [-0.15, -0.1) is 0 Å². The molecule has 2 aromatic carbocycles. The van der Waals surface area contributed by atoms with Crippen molar-refractivity contribution in [2.75, 3.05) is 0 Å². The Morgan fingerprint density at radius 1 is 0.958 bits per heavy atom. The van der Waals surface area contributed by atoms with Crippen molar-refractivity contribution < 1.29 is 13.6 Å². The summed E-state index contributed by atoms with van der Waals surface area (Å²) in [5.74, 6) is -0.633. The second kappa shape index (κ2) is 6.71. The summed E-state index contributed by atoms with van der Waals surface area (Å²) in [6, 6.07) is 12.2. The summed E-state index contributed by atoms with van der Waals surface area (Å²) in [6.45, 7) is 1.89. The summed E-state index contributed by atoms with van der Waals surface area (Å²) in [6.07, 6.45) is 3.49. The molecule has 1 N–H and O–H groups in total. The number of carbonyl (C=O) groups is 1. The average Bonchev–Trinajstić information content (AvgIpc) is 3.07. The summed E-state index contributed by atoms with van der Waals surface area (Å²) in [5.41, 5.74) is 1.13. The predicted octanol–water partition coefficient (Wildman–Crippen LogP) is 4.65. The van der Waals surface area contributed by atoms with Crippen LogP contribution in [-0.2, 0) is 10.2 Å². The normalized spacial score (nSPS) is 17.5. The zero-order valence-electron chi connectivity index (χ0n) is 13.7. The van der Waals surface area contributed by atoms with Crippen LogP contribution in [0.2, 0.25) is 0 Å². The molecule has 2 nitrogen and oxygen atoms in total. The fourth-order valence-corrected chi connectivity index (χ4v) is 3.56. The van der Waals surface area contributed by atoms with Crippen molar-refractivity contribution in [3.05, 3.63) is 71.3 Å². The number of hydrogen-bond acceptors (Lipinski definition) is 1. The van der Waals surface area contributed by atoms with E-state index in [0.717, 1.165) is 36.8 Å². The van der Waals surface area contributed by atoms with Crippen LogP contribution in [-0.4, -0.2) is 5.91 Å². The highest BCUT2D eigenvalue weighted by Crippen LogP contribution is 2.41. The van der Waals surface area contributed by atoms with Crippen LogP contribution in [0, 0.1) is 11.6 Å². The number of nitrogens with one attached hydrogen (secondary N) is 1. The Balaban J connectivity index is 1.82. The minimum absolute atomic E-state index is 0.0385. The Kier molecular flexibility index (Phi) is 4.65. The minimum Gasteiger partial charge on any atom is -0.349 e. The first kappa shape index (κ1) is 16.6. The number of halogens is 2. The molecule has 1 aliphatic rings.